The van der Waals surface area contributed by atoms with E-state index in [1.54, 1.807) is 26.8 Å². The number of Topliss-reactive ketones (excluding diaryl/α,β-unsaturated/α-hetero) is 1. The van der Waals surface area contributed by atoms with Crippen molar-refractivity contribution in [2.45, 2.75) is 91.5 Å². The average Bonchev–Trinajstić information content (AvgIpc) is 3.21. The average molecular weight is 538 g/mol. The number of aliphatic hydroxyl groups is 2. The molecule has 0 aliphatic carbocycles. The van der Waals surface area contributed by atoms with E-state index in [-0.39, 0.29) is 25.0 Å². The number of hydrogen-bond acceptors (Lipinski definition) is 7. The zero-order valence-electron chi connectivity index (χ0n) is 22.1. The molecular formula is C28H40ClNO5S. The van der Waals surface area contributed by atoms with Crippen LogP contribution in [0.5, 0.6) is 0 Å². The van der Waals surface area contributed by atoms with Crippen molar-refractivity contribution in [2.75, 3.05) is 0 Å². The van der Waals surface area contributed by atoms with Gasteiger partial charge in [-0.25, -0.2) is 4.98 Å². The van der Waals surface area contributed by atoms with Crippen LogP contribution in [0.3, 0.4) is 0 Å². The first-order valence-corrected chi connectivity index (χ1v) is 13.8. The highest BCUT2D eigenvalue weighted by Gasteiger charge is 2.47. The molecule has 36 heavy (non-hydrogen) atoms. The number of rotatable bonds is 4. The van der Waals surface area contributed by atoms with Crippen molar-refractivity contribution in [3.05, 3.63) is 45.4 Å². The molecule has 0 bridgehead atoms. The van der Waals surface area contributed by atoms with Crippen molar-refractivity contribution in [3.8, 4) is 0 Å². The first kappa shape index (κ1) is 30.4. The van der Waals surface area contributed by atoms with Gasteiger partial charge in [-0.1, -0.05) is 50.1 Å². The van der Waals surface area contributed by atoms with Crippen molar-refractivity contribution in [1.29, 1.82) is 0 Å². The van der Waals surface area contributed by atoms with E-state index in [9.17, 15) is 19.8 Å². The Morgan fingerprint density at radius 1 is 1.31 bits per heavy atom. The van der Waals surface area contributed by atoms with E-state index in [1.165, 1.54) is 17.4 Å². The van der Waals surface area contributed by atoms with Crippen LogP contribution in [-0.4, -0.2) is 38.8 Å². The van der Waals surface area contributed by atoms with Crippen LogP contribution in [0, 0.1) is 24.2 Å². The van der Waals surface area contributed by atoms with Crippen LogP contribution in [0.25, 0.3) is 6.08 Å². The van der Waals surface area contributed by atoms with Crippen LogP contribution < -0.4 is 0 Å². The third-order valence-electron chi connectivity index (χ3n) is 6.97. The van der Waals surface area contributed by atoms with Crippen molar-refractivity contribution in [1.82, 2.24) is 4.98 Å². The fourth-order valence-corrected chi connectivity index (χ4v) is 5.23. The van der Waals surface area contributed by atoms with Crippen LogP contribution in [0.1, 0.15) is 83.3 Å². The molecule has 3 unspecified atom stereocenters. The van der Waals surface area contributed by atoms with E-state index in [4.69, 9.17) is 16.3 Å². The first-order chi connectivity index (χ1) is 16.8. The number of carbonyl (C=O) groups excluding carboxylic acids is 2. The number of aryl methyl sites for hydroxylation is 1. The zero-order chi connectivity index (χ0) is 27.1. The number of carbonyl (C=O) groups is 2. The van der Waals surface area contributed by atoms with Gasteiger partial charge in [0.2, 0.25) is 0 Å². The van der Waals surface area contributed by atoms with Crippen LogP contribution in [0.15, 0.2) is 34.7 Å². The minimum absolute atomic E-state index is 0.00185. The number of ether oxygens (including phenoxy) is 1. The SMILES string of the molecule is C=CCC1C(=O)C(C)(C)CCC(=O)OC(C(Cl)=Cc2csc(C)n2)CC=C(C)CCCC(C)C1(O)O. The molecule has 0 fully saturated rings. The molecule has 0 saturated heterocycles. The van der Waals surface area contributed by atoms with Crippen LogP contribution in [0.4, 0.5) is 0 Å². The highest BCUT2D eigenvalue weighted by atomic mass is 35.5. The smallest absolute Gasteiger partial charge is 0.306 e. The van der Waals surface area contributed by atoms with Gasteiger partial charge in [0.15, 0.2) is 5.79 Å². The lowest BCUT2D eigenvalue weighted by Gasteiger charge is -2.39. The summed E-state index contributed by atoms with van der Waals surface area (Å²) in [5, 5.41) is 25.3. The molecule has 1 aliphatic heterocycles. The number of halogens is 1. The Hall–Kier alpha value is -1.80. The molecule has 0 radical (unpaired) electrons. The number of nitrogens with zero attached hydrogens (tertiary/aromatic N) is 1. The lowest BCUT2D eigenvalue weighted by molar-refractivity contribution is -0.233. The van der Waals surface area contributed by atoms with Gasteiger partial charge < -0.3 is 14.9 Å². The summed E-state index contributed by atoms with van der Waals surface area (Å²) >= 11 is 8.12. The van der Waals surface area contributed by atoms with E-state index in [2.05, 4.69) is 11.6 Å². The number of esters is 1. The van der Waals surface area contributed by atoms with Crippen LogP contribution >= 0.6 is 22.9 Å². The minimum Gasteiger partial charge on any atom is -0.456 e. The summed E-state index contributed by atoms with van der Waals surface area (Å²) in [5.41, 5.74) is 0.840. The second-order valence-electron chi connectivity index (χ2n) is 10.5. The number of hydrogen-bond donors (Lipinski definition) is 2. The fourth-order valence-electron chi connectivity index (χ4n) is 4.42. The predicted octanol–water partition coefficient (Wildman–Crippen LogP) is 6.35. The van der Waals surface area contributed by atoms with Gasteiger partial charge in [0.05, 0.1) is 21.7 Å². The Bertz CT molecular complexity index is 994. The largest absolute Gasteiger partial charge is 0.456 e. The summed E-state index contributed by atoms with van der Waals surface area (Å²) in [4.78, 5) is 30.7. The van der Waals surface area contributed by atoms with Gasteiger partial charge in [-0.3, -0.25) is 9.59 Å². The molecule has 8 heteroatoms. The highest BCUT2D eigenvalue weighted by Crippen LogP contribution is 2.38. The predicted molar refractivity (Wildman–Crippen MR) is 145 cm³/mol. The molecule has 1 aromatic rings. The molecule has 6 nitrogen and oxygen atoms in total. The van der Waals surface area contributed by atoms with Gasteiger partial charge in [0.25, 0.3) is 0 Å². The molecule has 0 aromatic carbocycles. The normalized spacial score (nSPS) is 26.7. The molecule has 0 saturated carbocycles. The Labute approximate surface area is 224 Å². The second kappa shape index (κ2) is 13.1. The van der Waals surface area contributed by atoms with Gasteiger partial charge in [-0.15, -0.1) is 17.9 Å². The summed E-state index contributed by atoms with van der Waals surface area (Å²) in [7, 11) is 0. The standard InChI is InChI=1S/C28H40ClNO5S/c1-7-9-22-26(32)27(5,6)15-14-25(31)35-24(23(29)16-21-17-36-20(4)30-21)13-12-18(2)10-8-11-19(3)28(22,33)34/h7,12,16-17,19,22,24,33-34H,1,8-11,13-15H2,2-6H3. The van der Waals surface area contributed by atoms with E-state index < -0.39 is 35.1 Å². The van der Waals surface area contributed by atoms with Crippen molar-refractivity contribution in [3.63, 3.8) is 0 Å². The number of thiazole rings is 1. The Kier molecular flexibility index (Phi) is 11.1. The van der Waals surface area contributed by atoms with E-state index in [0.717, 1.165) is 29.1 Å². The number of ketones is 1. The van der Waals surface area contributed by atoms with Gasteiger partial charge in [-0.2, -0.15) is 0 Å². The lowest BCUT2D eigenvalue weighted by Crippen LogP contribution is -2.50. The molecule has 3 atom stereocenters. The Morgan fingerprint density at radius 2 is 2.00 bits per heavy atom. The minimum atomic E-state index is -2.17. The van der Waals surface area contributed by atoms with Gasteiger partial charge >= 0.3 is 5.97 Å². The number of allylic oxidation sites excluding steroid dienone is 2. The second-order valence-corrected chi connectivity index (χ2v) is 12.0. The maximum absolute atomic E-state index is 13.5. The zero-order valence-corrected chi connectivity index (χ0v) is 23.6. The molecule has 1 aromatic heterocycles. The molecule has 2 heterocycles. The van der Waals surface area contributed by atoms with Gasteiger partial charge in [0.1, 0.15) is 11.9 Å². The maximum Gasteiger partial charge on any atom is 0.306 e. The van der Waals surface area contributed by atoms with Crippen molar-refractivity contribution in [2.24, 2.45) is 17.3 Å². The van der Waals surface area contributed by atoms with E-state index >= 15 is 0 Å². The van der Waals surface area contributed by atoms with Gasteiger partial charge in [-0.05, 0) is 52.0 Å². The van der Waals surface area contributed by atoms with E-state index in [0.29, 0.717) is 17.9 Å². The molecule has 0 spiro atoms. The summed E-state index contributed by atoms with van der Waals surface area (Å²) in [6.45, 7) is 12.8. The molecule has 2 rings (SSSR count). The van der Waals surface area contributed by atoms with Crippen LogP contribution in [0.2, 0.25) is 0 Å². The lowest BCUT2D eigenvalue weighted by atomic mass is 9.71. The molecule has 2 N–H and O–H groups in total. The number of cyclic esters (lactones) is 1. The maximum atomic E-state index is 13.5. The third kappa shape index (κ3) is 8.37. The van der Waals surface area contributed by atoms with Crippen LogP contribution in [-0.2, 0) is 14.3 Å². The first-order valence-electron chi connectivity index (χ1n) is 12.5. The van der Waals surface area contributed by atoms with Crippen molar-refractivity contribution < 1.29 is 24.5 Å². The van der Waals surface area contributed by atoms with Crippen molar-refractivity contribution >= 4 is 40.8 Å². The monoisotopic (exact) mass is 537 g/mol. The Morgan fingerprint density at radius 3 is 2.61 bits per heavy atom. The quantitative estimate of drug-likeness (QED) is 0.264. The molecule has 200 valence electrons. The molecular weight excluding hydrogens is 498 g/mol. The molecule has 1 aliphatic rings. The molecule has 0 amide bonds. The summed E-state index contributed by atoms with van der Waals surface area (Å²) < 4.78 is 5.77. The summed E-state index contributed by atoms with van der Waals surface area (Å²) in [6.07, 6.45) is 7.37. The summed E-state index contributed by atoms with van der Waals surface area (Å²) in [5.74, 6) is -4.49. The Balaban J connectivity index is 2.35. The number of aromatic nitrogens is 1. The highest BCUT2D eigenvalue weighted by molar-refractivity contribution is 7.09. The topological polar surface area (TPSA) is 96.7 Å². The fraction of sp³-hybridized carbons (Fsp3) is 0.607. The van der Waals surface area contributed by atoms with Gasteiger partial charge in [0, 0.05) is 29.6 Å². The third-order valence-corrected chi connectivity index (χ3v) is 8.11. The summed E-state index contributed by atoms with van der Waals surface area (Å²) in [6, 6.07) is 0. The van der Waals surface area contributed by atoms with E-state index in [1.807, 2.05) is 25.3 Å².